The molecule has 13 heavy (non-hydrogen) atoms. The first-order chi connectivity index (χ1) is 6.11. The fourth-order valence-electron chi connectivity index (χ4n) is 0.728. The number of carboxylic acids is 1. The molecule has 0 spiro atoms. The number of hydrogen-bond donors (Lipinski definition) is 1. The van der Waals surface area contributed by atoms with Gasteiger partial charge in [0, 0.05) is 12.4 Å². The molecule has 1 heterocycles. The number of amides is 1. The topological polar surface area (TPSA) is 83.4 Å². The molecule has 1 N–H and O–H groups in total. The lowest BCUT2D eigenvalue weighted by molar-refractivity contribution is -0.137. The fraction of sp³-hybridized carbons (Fsp3) is 0.333. The minimum absolute atomic E-state index is 0.175. The zero-order chi connectivity index (χ0) is 9.84. The maximum atomic E-state index is 11.3. The highest BCUT2D eigenvalue weighted by Gasteiger charge is 2.16. The summed E-state index contributed by atoms with van der Waals surface area (Å²) in [6, 6.07) is 0. The molecule has 0 aliphatic heterocycles. The van der Waals surface area contributed by atoms with Gasteiger partial charge in [0.1, 0.15) is 6.54 Å². The van der Waals surface area contributed by atoms with Crippen molar-refractivity contribution in [3.8, 4) is 0 Å². The average molecular weight is 201 g/mol. The Bertz CT molecular complexity index is 311. The minimum Gasteiger partial charge on any atom is -0.480 e. The Labute approximate surface area is 78.0 Å². The van der Waals surface area contributed by atoms with Crippen LogP contribution in [0, 0.1) is 0 Å². The van der Waals surface area contributed by atoms with E-state index in [2.05, 4.69) is 9.59 Å². The van der Waals surface area contributed by atoms with E-state index in [0.717, 1.165) is 16.4 Å². The molecule has 1 amide bonds. The number of aromatic nitrogens is 2. The molecule has 0 aromatic carbocycles. The summed E-state index contributed by atoms with van der Waals surface area (Å²) in [6.07, 6.45) is 0. The first-order valence-electron chi connectivity index (χ1n) is 3.35. The summed E-state index contributed by atoms with van der Waals surface area (Å²) < 4.78 is 3.50. The molecule has 0 bridgehead atoms. The van der Waals surface area contributed by atoms with Gasteiger partial charge < -0.3 is 10.0 Å². The van der Waals surface area contributed by atoms with Crippen LogP contribution in [-0.2, 0) is 4.79 Å². The molecule has 0 atom stereocenters. The number of rotatable bonds is 3. The van der Waals surface area contributed by atoms with Gasteiger partial charge in [0.15, 0.2) is 5.69 Å². The SMILES string of the molecule is CN(CC(=O)O)C(=O)c1csnn1. The van der Waals surface area contributed by atoms with Crippen molar-refractivity contribution in [1.82, 2.24) is 14.5 Å². The molecule has 0 fully saturated rings. The van der Waals surface area contributed by atoms with Crippen LogP contribution in [0.4, 0.5) is 0 Å². The Hall–Kier alpha value is -1.50. The number of carboxylic acid groups (broad SMARTS) is 1. The molecule has 0 aliphatic rings. The van der Waals surface area contributed by atoms with Gasteiger partial charge in [0.2, 0.25) is 0 Å². The summed E-state index contributed by atoms with van der Waals surface area (Å²) >= 11 is 1.05. The predicted octanol–water partition coefficient (Wildman–Crippen LogP) is -0.305. The lowest BCUT2D eigenvalue weighted by Crippen LogP contribution is -2.32. The molecular formula is C6H7N3O3S. The molecule has 0 unspecified atom stereocenters. The molecule has 0 saturated heterocycles. The van der Waals surface area contributed by atoms with Gasteiger partial charge in [0.25, 0.3) is 5.91 Å². The monoisotopic (exact) mass is 201 g/mol. The minimum atomic E-state index is -1.06. The zero-order valence-electron chi connectivity index (χ0n) is 6.80. The molecule has 7 heteroatoms. The van der Waals surface area contributed by atoms with Gasteiger partial charge in [-0.2, -0.15) is 0 Å². The van der Waals surface area contributed by atoms with E-state index in [9.17, 15) is 9.59 Å². The van der Waals surface area contributed by atoms with Gasteiger partial charge in [-0.15, -0.1) is 5.10 Å². The van der Waals surface area contributed by atoms with Gasteiger partial charge in [0.05, 0.1) is 0 Å². The second-order valence-electron chi connectivity index (χ2n) is 2.35. The van der Waals surface area contributed by atoms with Crippen LogP contribution in [0.5, 0.6) is 0 Å². The third-order valence-electron chi connectivity index (χ3n) is 1.30. The van der Waals surface area contributed by atoms with E-state index < -0.39 is 11.9 Å². The van der Waals surface area contributed by atoms with Crippen LogP contribution in [0.2, 0.25) is 0 Å². The highest BCUT2D eigenvalue weighted by Crippen LogP contribution is 2.00. The van der Waals surface area contributed by atoms with Gasteiger partial charge in [-0.3, -0.25) is 9.59 Å². The van der Waals surface area contributed by atoms with E-state index in [1.807, 2.05) is 0 Å². The molecule has 0 aliphatic carbocycles. The van der Waals surface area contributed by atoms with Crippen LogP contribution in [0.15, 0.2) is 5.38 Å². The van der Waals surface area contributed by atoms with Crippen LogP contribution < -0.4 is 0 Å². The Morgan fingerprint density at radius 1 is 1.69 bits per heavy atom. The molecular weight excluding hydrogens is 194 g/mol. The van der Waals surface area contributed by atoms with Crippen molar-refractivity contribution in [3.63, 3.8) is 0 Å². The Balaban J connectivity index is 2.63. The fourth-order valence-corrected chi connectivity index (χ4v) is 1.16. The third-order valence-corrected chi connectivity index (χ3v) is 1.80. The van der Waals surface area contributed by atoms with E-state index in [4.69, 9.17) is 5.11 Å². The summed E-state index contributed by atoms with van der Waals surface area (Å²) in [5, 5.41) is 13.4. The Morgan fingerprint density at radius 3 is 2.85 bits per heavy atom. The van der Waals surface area contributed by atoms with Crippen LogP contribution in [0.25, 0.3) is 0 Å². The van der Waals surface area contributed by atoms with E-state index in [1.165, 1.54) is 12.4 Å². The number of carbonyl (C=O) groups is 2. The van der Waals surface area contributed by atoms with Crippen molar-refractivity contribution in [2.45, 2.75) is 0 Å². The van der Waals surface area contributed by atoms with Crippen molar-refractivity contribution >= 4 is 23.4 Å². The number of nitrogens with zero attached hydrogens (tertiary/aromatic N) is 3. The number of likely N-dealkylation sites (N-methyl/N-ethyl adjacent to an activating group) is 1. The molecule has 1 aromatic heterocycles. The molecule has 70 valence electrons. The van der Waals surface area contributed by atoms with Crippen molar-refractivity contribution < 1.29 is 14.7 Å². The normalized spacial score (nSPS) is 9.62. The first-order valence-corrected chi connectivity index (χ1v) is 4.19. The van der Waals surface area contributed by atoms with Gasteiger partial charge in [-0.05, 0) is 11.5 Å². The summed E-state index contributed by atoms with van der Waals surface area (Å²) in [5.74, 6) is -1.49. The van der Waals surface area contributed by atoms with Crippen molar-refractivity contribution in [2.24, 2.45) is 0 Å². The maximum absolute atomic E-state index is 11.3. The molecule has 0 radical (unpaired) electrons. The lowest BCUT2D eigenvalue weighted by Gasteiger charge is -2.11. The van der Waals surface area contributed by atoms with Crippen molar-refractivity contribution in [1.29, 1.82) is 0 Å². The van der Waals surface area contributed by atoms with E-state index in [-0.39, 0.29) is 12.2 Å². The molecule has 6 nitrogen and oxygen atoms in total. The first kappa shape index (κ1) is 9.59. The van der Waals surface area contributed by atoms with Gasteiger partial charge in [-0.25, -0.2) is 0 Å². The lowest BCUT2D eigenvalue weighted by atomic mass is 10.4. The smallest absolute Gasteiger partial charge is 0.323 e. The quantitative estimate of drug-likeness (QED) is 0.725. The van der Waals surface area contributed by atoms with E-state index in [1.54, 1.807) is 0 Å². The van der Waals surface area contributed by atoms with Crippen LogP contribution in [-0.4, -0.2) is 45.1 Å². The number of aliphatic carboxylic acids is 1. The van der Waals surface area contributed by atoms with Crippen LogP contribution in [0.3, 0.4) is 0 Å². The van der Waals surface area contributed by atoms with E-state index in [0.29, 0.717) is 0 Å². The third kappa shape index (κ3) is 2.48. The summed E-state index contributed by atoms with van der Waals surface area (Å²) in [5.41, 5.74) is 0.175. The molecule has 1 aromatic rings. The Kier molecular flexibility index (Phi) is 2.91. The second-order valence-corrected chi connectivity index (χ2v) is 2.95. The summed E-state index contributed by atoms with van der Waals surface area (Å²) in [6.45, 7) is -0.337. The number of hydrogen-bond acceptors (Lipinski definition) is 5. The average Bonchev–Trinajstić information content (AvgIpc) is 2.53. The Morgan fingerprint density at radius 2 is 2.38 bits per heavy atom. The zero-order valence-corrected chi connectivity index (χ0v) is 7.61. The summed E-state index contributed by atoms with van der Waals surface area (Å²) in [7, 11) is 1.40. The van der Waals surface area contributed by atoms with Crippen molar-refractivity contribution in [3.05, 3.63) is 11.1 Å². The maximum Gasteiger partial charge on any atom is 0.323 e. The number of carbonyl (C=O) groups excluding carboxylic acids is 1. The van der Waals surface area contributed by atoms with Gasteiger partial charge in [-0.1, -0.05) is 4.49 Å². The standard InChI is InChI=1S/C6H7N3O3S/c1-9(2-5(10)11)6(12)4-3-13-8-7-4/h3H,2H2,1H3,(H,10,11). The largest absolute Gasteiger partial charge is 0.480 e. The molecule has 0 saturated carbocycles. The summed E-state index contributed by atoms with van der Waals surface area (Å²) in [4.78, 5) is 22.6. The second kappa shape index (κ2) is 3.94. The predicted molar refractivity (Wildman–Crippen MR) is 44.5 cm³/mol. The van der Waals surface area contributed by atoms with Crippen LogP contribution >= 0.6 is 11.5 Å². The highest BCUT2D eigenvalue weighted by atomic mass is 32.1. The van der Waals surface area contributed by atoms with Crippen LogP contribution in [0.1, 0.15) is 10.5 Å². The van der Waals surface area contributed by atoms with E-state index >= 15 is 0 Å². The van der Waals surface area contributed by atoms with Crippen molar-refractivity contribution in [2.75, 3.05) is 13.6 Å². The highest BCUT2D eigenvalue weighted by molar-refractivity contribution is 7.03. The van der Waals surface area contributed by atoms with Gasteiger partial charge >= 0.3 is 5.97 Å². The molecule has 1 rings (SSSR count).